The topological polar surface area (TPSA) is 51.8 Å². The van der Waals surface area contributed by atoms with Crippen molar-refractivity contribution in [3.63, 3.8) is 0 Å². The summed E-state index contributed by atoms with van der Waals surface area (Å²) in [5, 5.41) is 3.43. The smallest absolute Gasteiger partial charge is 0.227 e. The molecule has 0 aliphatic rings. The fourth-order valence-electron chi connectivity index (χ4n) is 3.12. The van der Waals surface area contributed by atoms with Crippen molar-refractivity contribution in [2.24, 2.45) is 0 Å². The average molecular weight is 347 g/mol. The Morgan fingerprint density at radius 3 is 2.40 bits per heavy atom. The molecule has 0 aliphatic heterocycles. The maximum Gasteiger partial charge on any atom is 0.227 e. The van der Waals surface area contributed by atoms with E-state index in [0.717, 1.165) is 39.0 Å². The zero-order chi connectivity index (χ0) is 17.8. The predicted molar refractivity (Wildman–Crippen MR) is 105 cm³/mol. The van der Waals surface area contributed by atoms with Gasteiger partial charge in [0.2, 0.25) is 5.71 Å². The van der Waals surface area contributed by atoms with Gasteiger partial charge in [0.1, 0.15) is 0 Å². The van der Waals surface area contributed by atoms with Crippen LogP contribution in [-0.2, 0) is 0 Å². The van der Waals surface area contributed by atoms with Crippen LogP contribution in [0.25, 0.3) is 33.3 Å². The molecular weight excluding hydrogens is 326 g/mol. The summed E-state index contributed by atoms with van der Waals surface area (Å²) in [5.41, 5.74) is 5.28. The Kier molecular flexibility index (Phi) is 3.51. The summed E-state index contributed by atoms with van der Waals surface area (Å²) in [6.45, 7) is 10.9. The van der Waals surface area contributed by atoms with Crippen molar-refractivity contribution < 1.29 is 4.42 Å². The molecule has 4 heterocycles. The summed E-state index contributed by atoms with van der Waals surface area (Å²) in [6, 6.07) is 8.46. The van der Waals surface area contributed by atoms with Crippen molar-refractivity contribution in [3.8, 4) is 11.3 Å². The molecule has 4 aromatic rings. The zero-order valence-corrected chi connectivity index (χ0v) is 16.2. The Morgan fingerprint density at radius 1 is 0.920 bits per heavy atom. The third-order valence-electron chi connectivity index (χ3n) is 4.54. The first kappa shape index (κ1) is 16.0. The highest BCUT2D eigenvalue weighted by Crippen LogP contribution is 2.31. The minimum atomic E-state index is -1.34. The van der Waals surface area contributed by atoms with Crippen LogP contribution in [0.3, 0.4) is 0 Å². The standard InChI is InChI=1S/C20H21N3OSi/c1-12-8-16-17-9-14(10-22-20(17)24-19(16)13(2)23-12)18-7-6-15(11-21-18)25(3,4)5/h6-11H,1-5H3. The summed E-state index contributed by atoms with van der Waals surface area (Å²) in [4.78, 5) is 13.7. The fourth-order valence-corrected chi connectivity index (χ4v) is 4.15. The van der Waals surface area contributed by atoms with E-state index in [4.69, 9.17) is 4.42 Å². The Morgan fingerprint density at radius 2 is 1.72 bits per heavy atom. The molecule has 4 rings (SSSR count). The van der Waals surface area contributed by atoms with E-state index in [2.05, 4.69) is 58.9 Å². The van der Waals surface area contributed by atoms with Gasteiger partial charge >= 0.3 is 0 Å². The summed E-state index contributed by atoms with van der Waals surface area (Å²) in [5.74, 6) is 0. The minimum Gasteiger partial charge on any atom is -0.436 e. The summed E-state index contributed by atoms with van der Waals surface area (Å²) >= 11 is 0. The van der Waals surface area contributed by atoms with Gasteiger partial charge in [-0.3, -0.25) is 9.97 Å². The van der Waals surface area contributed by atoms with Gasteiger partial charge in [-0.2, -0.15) is 0 Å². The molecule has 0 saturated carbocycles. The lowest BCUT2D eigenvalue weighted by atomic mass is 10.1. The second-order valence-corrected chi connectivity index (χ2v) is 12.7. The number of aromatic nitrogens is 3. The predicted octanol–water partition coefficient (Wildman–Crippen LogP) is 4.60. The van der Waals surface area contributed by atoms with Crippen LogP contribution in [0.15, 0.2) is 41.1 Å². The SMILES string of the molecule is Cc1cc2c(oc3ncc(-c4ccc([Si](C)(C)C)cn4)cc32)c(C)n1. The number of nitrogens with zero attached hydrogens (tertiary/aromatic N) is 3. The van der Waals surface area contributed by atoms with Gasteiger partial charge in [0.15, 0.2) is 5.58 Å². The van der Waals surface area contributed by atoms with Crippen LogP contribution in [0.2, 0.25) is 19.6 Å². The molecule has 0 aromatic carbocycles. The third kappa shape index (κ3) is 2.74. The van der Waals surface area contributed by atoms with Gasteiger partial charge in [-0.05, 0) is 37.2 Å². The monoisotopic (exact) mass is 347 g/mol. The molecule has 0 N–H and O–H groups in total. The molecule has 0 bridgehead atoms. The Bertz CT molecular complexity index is 1090. The average Bonchev–Trinajstić information content (AvgIpc) is 2.92. The number of rotatable bonds is 2. The van der Waals surface area contributed by atoms with E-state index in [-0.39, 0.29) is 0 Å². The third-order valence-corrected chi connectivity index (χ3v) is 6.56. The molecule has 0 aliphatic carbocycles. The first-order valence-corrected chi connectivity index (χ1v) is 12.0. The second-order valence-electron chi connectivity index (χ2n) is 7.59. The molecule has 0 saturated heterocycles. The van der Waals surface area contributed by atoms with E-state index in [9.17, 15) is 0 Å². The number of aryl methyl sites for hydroxylation is 2. The number of furan rings is 1. The van der Waals surface area contributed by atoms with Gasteiger partial charge in [-0.1, -0.05) is 25.7 Å². The Labute approximate surface area is 148 Å². The fraction of sp³-hybridized carbons (Fsp3) is 0.250. The highest BCUT2D eigenvalue weighted by atomic mass is 28.3. The van der Waals surface area contributed by atoms with Gasteiger partial charge < -0.3 is 4.42 Å². The molecule has 0 amide bonds. The van der Waals surface area contributed by atoms with Crippen LogP contribution in [0.5, 0.6) is 0 Å². The normalized spacial score (nSPS) is 12.2. The maximum atomic E-state index is 5.90. The lowest BCUT2D eigenvalue weighted by Gasteiger charge is -2.16. The molecule has 4 aromatic heterocycles. The molecule has 0 radical (unpaired) electrons. The largest absolute Gasteiger partial charge is 0.436 e. The van der Waals surface area contributed by atoms with E-state index >= 15 is 0 Å². The van der Waals surface area contributed by atoms with E-state index in [1.165, 1.54) is 5.19 Å². The van der Waals surface area contributed by atoms with Crippen LogP contribution >= 0.6 is 0 Å². The Hall–Kier alpha value is -2.53. The van der Waals surface area contributed by atoms with E-state index in [1.807, 2.05) is 26.2 Å². The van der Waals surface area contributed by atoms with Gasteiger partial charge in [-0.25, -0.2) is 4.98 Å². The number of fused-ring (bicyclic) bond motifs is 3. The lowest BCUT2D eigenvalue weighted by Crippen LogP contribution is -2.37. The Balaban J connectivity index is 1.87. The molecule has 126 valence electrons. The molecule has 25 heavy (non-hydrogen) atoms. The minimum absolute atomic E-state index is 0.646. The summed E-state index contributed by atoms with van der Waals surface area (Å²) < 4.78 is 5.90. The van der Waals surface area contributed by atoms with Gasteiger partial charge in [0.25, 0.3) is 0 Å². The van der Waals surface area contributed by atoms with E-state index < -0.39 is 8.07 Å². The number of hydrogen-bond acceptors (Lipinski definition) is 4. The van der Waals surface area contributed by atoms with Crippen LogP contribution < -0.4 is 5.19 Å². The molecule has 0 spiro atoms. The van der Waals surface area contributed by atoms with Crippen molar-refractivity contribution in [3.05, 3.63) is 48.0 Å². The molecule has 0 atom stereocenters. The first-order valence-electron chi connectivity index (χ1n) is 8.46. The highest BCUT2D eigenvalue weighted by molar-refractivity contribution is 6.88. The number of hydrogen-bond donors (Lipinski definition) is 0. The van der Waals surface area contributed by atoms with Crippen molar-refractivity contribution in [1.82, 2.24) is 15.0 Å². The first-order chi connectivity index (χ1) is 11.8. The van der Waals surface area contributed by atoms with Crippen molar-refractivity contribution in [1.29, 1.82) is 0 Å². The summed E-state index contributed by atoms with van der Waals surface area (Å²) in [7, 11) is -1.34. The molecule has 0 unspecified atom stereocenters. The van der Waals surface area contributed by atoms with Gasteiger partial charge in [-0.15, -0.1) is 0 Å². The highest BCUT2D eigenvalue weighted by Gasteiger charge is 2.17. The maximum absolute atomic E-state index is 5.90. The van der Waals surface area contributed by atoms with Gasteiger partial charge in [0.05, 0.1) is 19.5 Å². The second kappa shape index (κ2) is 5.49. The van der Waals surface area contributed by atoms with E-state index in [0.29, 0.717) is 5.71 Å². The lowest BCUT2D eigenvalue weighted by molar-refractivity contribution is 0.648. The van der Waals surface area contributed by atoms with E-state index in [1.54, 1.807) is 0 Å². The van der Waals surface area contributed by atoms with Crippen molar-refractivity contribution >= 4 is 35.3 Å². The number of pyridine rings is 3. The van der Waals surface area contributed by atoms with Crippen LogP contribution in [0.4, 0.5) is 0 Å². The van der Waals surface area contributed by atoms with Crippen LogP contribution in [0, 0.1) is 13.8 Å². The van der Waals surface area contributed by atoms with Crippen molar-refractivity contribution in [2.75, 3.05) is 0 Å². The van der Waals surface area contributed by atoms with Crippen molar-refractivity contribution in [2.45, 2.75) is 33.5 Å². The summed E-state index contributed by atoms with van der Waals surface area (Å²) in [6.07, 6.45) is 3.84. The molecule has 4 nitrogen and oxygen atoms in total. The molecule has 5 heteroatoms. The van der Waals surface area contributed by atoms with Crippen LogP contribution in [-0.4, -0.2) is 23.0 Å². The van der Waals surface area contributed by atoms with Crippen LogP contribution in [0.1, 0.15) is 11.4 Å². The molecular formula is C20H21N3OSi. The van der Waals surface area contributed by atoms with Gasteiger partial charge in [0, 0.05) is 34.4 Å². The quantitative estimate of drug-likeness (QED) is 0.497. The zero-order valence-electron chi connectivity index (χ0n) is 15.2. The molecule has 0 fully saturated rings.